The van der Waals surface area contributed by atoms with E-state index in [1.807, 2.05) is 0 Å². The Morgan fingerprint density at radius 3 is 2.44 bits per heavy atom. The second-order valence-electron chi connectivity index (χ2n) is 2.14. The molecule has 0 aromatic heterocycles. The van der Waals surface area contributed by atoms with Crippen molar-refractivity contribution in [2.45, 2.75) is 0 Å². The van der Waals surface area contributed by atoms with E-state index in [9.17, 15) is 13.9 Å². The van der Waals surface area contributed by atoms with Crippen molar-refractivity contribution in [3.8, 4) is 0 Å². The van der Waals surface area contributed by atoms with Gasteiger partial charge in [-0.05, 0) is 0 Å². The third-order valence-electron chi connectivity index (χ3n) is 0.881. The molecular formula is C5H10O9P2. The van der Waals surface area contributed by atoms with E-state index < -0.39 is 34.8 Å². The van der Waals surface area contributed by atoms with Crippen LogP contribution < -0.4 is 0 Å². The Morgan fingerprint density at radius 1 is 1.44 bits per heavy atom. The monoisotopic (exact) mass is 277 g/mol. The van der Waals surface area contributed by atoms with Gasteiger partial charge in [-0.2, -0.15) is 4.31 Å². The van der Waals surface area contributed by atoms with Crippen LogP contribution in [0.2, 0.25) is 0 Å². The Bertz CT molecular complexity index is 376. The van der Waals surface area contributed by atoms with Gasteiger partial charge in [-0.3, -0.25) is 4.52 Å². The van der Waals surface area contributed by atoms with Gasteiger partial charge in [0.15, 0.2) is 0 Å². The average Bonchev–Trinajstić information content (AvgIpc) is 2.11. The highest BCUT2D eigenvalue weighted by Crippen LogP contribution is 2.57. The molecular weight excluding hydrogens is 266 g/mol. The molecule has 2 unspecified atom stereocenters. The normalized spacial score (nSPS) is 18.1. The van der Waals surface area contributed by atoms with Crippen LogP contribution in [0.5, 0.6) is 0 Å². The van der Waals surface area contributed by atoms with Crippen LogP contribution >= 0.6 is 15.6 Å². The van der Waals surface area contributed by atoms with Crippen LogP contribution in [-0.4, -0.2) is 33.8 Å². The predicted molar refractivity (Wildman–Crippen MR) is 50.1 cm³/mol. The molecule has 0 saturated carbocycles. The first-order valence-electron chi connectivity index (χ1n) is 4.13. The van der Waals surface area contributed by atoms with Crippen molar-refractivity contribution >= 4 is 21.6 Å². The van der Waals surface area contributed by atoms with Gasteiger partial charge < -0.3 is 19.4 Å². The Hall–Kier alpha value is -0.530. The third-order valence-corrected chi connectivity index (χ3v) is 3.03. The first-order chi connectivity index (χ1) is 7.56. The van der Waals surface area contributed by atoms with Crippen molar-refractivity contribution < 1.29 is 43.5 Å². The van der Waals surface area contributed by atoms with Gasteiger partial charge in [0, 0.05) is 6.08 Å². The Balaban J connectivity index is 4.18. The Kier molecular flexibility index (Phi) is 5.30. The summed E-state index contributed by atoms with van der Waals surface area (Å²) in [6.07, 6.45) is 0.756. The molecule has 0 spiro atoms. The zero-order valence-electron chi connectivity index (χ0n) is 8.75. The van der Waals surface area contributed by atoms with Crippen molar-refractivity contribution in [2.75, 3.05) is 13.2 Å². The number of phosphoric ester groups is 1. The number of hydrogen-bond acceptors (Lipinski definition) is 6. The second kappa shape index (κ2) is 6.27. The molecule has 0 radical (unpaired) electrons. The van der Waals surface area contributed by atoms with E-state index in [0.29, 0.717) is 0 Å². The van der Waals surface area contributed by atoms with Gasteiger partial charge in [-0.25, -0.2) is 13.9 Å². The molecule has 2 atom stereocenters. The van der Waals surface area contributed by atoms with Gasteiger partial charge in [0.1, 0.15) is 6.58 Å². The summed E-state index contributed by atoms with van der Waals surface area (Å²) in [5.41, 5.74) is 0. The number of carbonyl (C=O) groups excluding carboxylic acids is 1. The molecule has 0 aromatic rings. The Morgan fingerprint density at radius 2 is 2.00 bits per heavy atom. The minimum absolute atomic E-state index is 0.756. The first-order valence-corrected chi connectivity index (χ1v) is 6.58. The van der Waals surface area contributed by atoms with E-state index in [2.05, 4.69) is 20.2 Å². The highest BCUT2D eigenvalue weighted by Gasteiger charge is 2.32. The van der Waals surface area contributed by atoms with Gasteiger partial charge in [-0.15, -0.1) is 0 Å². The maximum atomic E-state index is 10.9. The summed E-state index contributed by atoms with van der Waals surface area (Å²) < 4.78 is 39.8. The maximum Gasteiger partial charge on any atom is 0.481 e. The lowest BCUT2D eigenvalue weighted by molar-refractivity contribution is -0.138. The standard InChI is InChI=1S/C5H10O9P2/c1-2-5(6)12-3-4-13-16(10,11)14-15(7,8)9/h2H,1,3-4H2,(H,10,11)(H2,7,8,9)/i3D. The van der Waals surface area contributed by atoms with Crippen molar-refractivity contribution in [1.29, 1.82) is 0 Å². The van der Waals surface area contributed by atoms with E-state index in [0.717, 1.165) is 6.08 Å². The van der Waals surface area contributed by atoms with Gasteiger partial charge in [0.2, 0.25) is 0 Å². The van der Waals surface area contributed by atoms with E-state index in [-0.39, 0.29) is 0 Å². The SMILES string of the molecule is [2H]C(COP(=O)(O)OP(=O)(O)O)OC(=O)C=C. The average molecular weight is 277 g/mol. The molecule has 0 heterocycles. The van der Waals surface area contributed by atoms with E-state index in [4.69, 9.17) is 16.1 Å². The van der Waals surface area contributed by atoms with Crippen LogP contribution in [0.4, 0.5) is 0 Å². The fraction of sp³-hybridized carbons (Fsp3) is 0.400. The molecule has 0 fully saturated rings. The van der Waals surface area contributed by atoms with Crippen LogP contribution in [0, 0.1) is 0 Å². The minimum Gasteiger partial charge on any atom is -0.460 e. The molecule has 9 nitrogen and oxygen atoms in total. The largest absolute Gasteiger partial charge is 0.481 e. The van der Waals surface area contributed by atoms with Crippen molar-refractivity contribution in [2.24, 2.45) is 0 Å². The third kappa shape index (κ3) is 8.75. The summed E-state index contributed by atoms with van der Waals surface area (Å²) in [5, 5.41) is 0. The van der Waals surface area contributed by atoms with Crippen molar-refractivity contribution in [1.82, 2.24) is 0 Å². The minimum atomic E-state index is -5.20. The molecule has 0 saturated heterocycles. The highest BCUT2D eigenvalue weighted by atomic mass is 31.3. The van der Waals surface area contributed by atoms with E-state index in [1.54, 1.807) is 0 Å². The van der Waals surface area contributed by atoms with Crippen LogP contribution in [0.25, 0.3) is 0 Å². The smallest absolute Gasteiger partial charge is 0.460 e. The maximum absolute atomic E-state index is 10.9. The lowest BCUT2D eigenvalue weighted by Crippen LogP contribution is -2.07. The molecule has 11 heteroatoms. The van der Waals surface area contributed by atoms with Crippen molar-refractivity contribution in [3.63, 3.8) is 0 Å². The summed E-state index contributed by atoms with van der Waals surface area (Å²) in [4.78, 5) is 35.8. The molecule has 0 aliphatic heterocycles. The van der Waals surface area contributed by atoms with E-state index in [1.165, 1.54) is 0 Å². The first kappa shape index (κ1) is 13.5. The van der Waals surface area contributed by atoms with E-state index >= 15 is 0 Å². The predicted octanol–water partition coefficient (Wildman–Crippen LogP) is -0.0581. The summed E-state index contributed by atoms with van der Waals surface area (Å²) in [6.45, 7) is 0.466. The molecule has 0 aliphatic carbocycles. The lowest BCUT2D eigenvalue weighted by Gasteiger charge is -2.11. The zero-order valence-corrected chi connectivity index (χ0v) is 9.54. The topological polar surface area (TPSA) is 140 Å². The number of hydrogen-bond donors (Lipinski definition) is 3. The molecule has 0 amide bonds. The Labute approximate surface area is 91.9 Å². The van der Waals surface area contributed by atoms with Crippen LogP contribution in [-0.2, 0) is 27.5 Å². The van der Waals surface area contributed by atoms with Gasteiger partial charge in [0.05, 0.1) is 7.98 Å². The lowest BCUT2D eigenvalue weighted by atomic mass is 10.6. The summed E-state index contributed by atoms with van der Waals surface area (Å²) in [7, 11) is -10.2. The van der Waals surface area contributed by atoms with Gasteiger partial charge in [0.25, 0.3) is 0 Å². The number of carbonyl (C=O) groups is 1. The molecule has 3 N–H and O–H groups in total. The summed E-state index contributed by atoms with van der Waals surface area (Å²) >= 11 is 0. The summed E-state index contributed by atoms with van der Waals surface area (Å²) in [5.74, 6) is -0.961. The van der Waals surface area contributed by atoms with Gasteiger partial charge >= 0.3 is 21.6 Å². The fourth-order valence-electron chi connectivity index (χ4n) is 0.447. The number of rotatable bonds is 7. The molecule has 0 aliphatic rings. The van der Waals surface area contributed by atoms with Crippen LogP contribution in [0.1, 0.15) is 1.37 Å². The highest BCUT2D eigenvalue weighted by molar-refractivity contribution is 7.60. The molecule has 16 heavy (non-hydrogen) atoms. The number of phosphoric acid groups is 2. The number of esters is 1. The fourth-order valence-corrected chi connectivity index (χ4v) is 1.96. The quantitative estimate of drug-likeness (QED) is 0.331. The van der Waals surface area contributed by atoms with Crippen LogP contribution in [0.15, 0.2) is 12.7 Å². The van der Waals surface area contributed by atoms with Crippen LogP contribution in [0.3, 0.4) is 0 Å². The molecule has 0 rings (SSSR count). The second-order valence-corrected chi connectivity index (χ2v) is 4.97. The van der Waals surface area contributed by atoms with Crippen molar-refractivity contribution in [3.05, 3.63) is 12.7 Å². The van der Waals surface area contributed by atoms with Gasteiger partial charge in [-0.1, -0.05) is 6.58 Å². The number of ether oxygens (including phenoxy) is 1. The molecule has 94 valence electrons. The zero-order chi connectivity index (χ0) is 13.7. The summed E-state index contributed by atoms with van der Waals surface area (Å²) in [6, 6.07) is 0. The molecule has 0 aromatic carbocycles. The molecule has 0 bridgehead atoms.